The molecule has 0 amide bonds. The second-order valence-corrected chi connectivity index (χ2v) is 3.53. The summed E-state index contributed by atoms with van der Waals surface area (Å²) in [5.74, 6) is 0.263. The number of carbonyl (C=O) groups excluding carboxylic acids is 2. The van der Waals surface area contributed by atoms with Crippen molar-refractivity contribution in [3.63, 3.8) is 0 Å². The molecule has 1 aliphatic carbocycles. The van der Waals surface area contributed by atoms with Crippen LogP contribution in [0.5, 0.6) is 0 Å². The molecule has 2 heteroatoms. The SMILES string of the molecule is O=CCCCC1=CC(=O)CCCC1. The lowest BCUT2D eigenvalue weighted by atomic mass is 10.0. The molecule has 0 fully saturated rings. The Morgan fingerprint density at radius 1 is 1.31 bits per heavy atom. The Kier molecular flexibility index (Phi) is 4.44. The minimum atomic E-state index is 0.263. The topological polar surface area (TPSA) is 34.1 Å². The summed E-state index contributed by atoms with van der Waals surface area (Å²) in [7, 11) is 0. The first-order valence-electron chi connectivity index (χ1n) is 4.99. The van der Waals surface area contributed by atoms with Crippen LogP contribution in [0.4, 0.5) is 0 Å². The zero-order valence-electron chi connectivity index (χ0n) is 7.92. The fraction of sp³-hybridized carbons (Fsp3) is 0.636. The molecule has 0 bridgehead atoms. The molecule has 0 saturated carbocycles. The highest BCUT2D eigenvalue weighted by Gasteiger charge is 2.07. The zero-order chi connectivity index (χ0) is 9.52. The van der Waals surface area contributed by atoms with Gasteiger partial charge >= 0.3 is 0 Å². The van der Waals surface area contributed by atoms with E-state index >= 15 is 0 Å². The number of carbonyl (C=O) groups is 2. The third-order valence-electron chi connectivity index (χ3n) is 2.36. The Hall–Kier alpha value is -0.920. The van der Waals surface area contributed by atoms with Crippen LogP contribution in [0.15, 0.2) is 11.6 Å². The van der Waals surface area contributed by atoms with Crippen molar-refractivity contribution in [1.29, 1.82) is 0 Å². The monoisotopic (exact) mass is 180 g/mol. The maximum atomic E-state index is 11.2. The maximum Gasteiger partial charge on any atom is 0.155 e. The molecule has 0 atom stereocenters. The van der Waals surface area contributed by atoms with Gasteiger partial charge in [0, 0.05) is 12.8 Å². The zero-order valence-corrected chi connectivity index (χ0v) is 7.92. The average molecular weight is 180 g/mol. The molecule has 0 saturated heterocycles. The van der Waals surface area contributed by atoms with E-state index in [-0.39, 0.29) is 5.78 Å². The summed E-state index contributed by atoms with van der Waals surface area (Å²) in [6.45, 7) is 0. The lowest BCUT2D eigenvalue weighted by Gasteiger charge is -2.01. The van der Waals surface area contributed by atoms with Crippen molar-refractivity contribution in [2.45, 2.75) is 44.9 Å². The van der Waals surface area contributed by atoms with Crippen molar-refractivity contribution in [1.82, 2.24) is 0 Å². The Labute approximate surface area is 79.0 Å². The van der Waals surface area contributed by atoms with Crippen LogP contribution in [-0.4, -0.2) is 12.1 Å². The van der Waals surface area contributed by atoms with Gasteiger partial charge in [0.25, 0.3) is 0 Å². The summed E-state index contributed by atoms with van der Waals surface area (Å²) in [5.41, 5.74) is 1.24. The van der Waals surface area contributed by atoms with Crippen LogP contribution in [0.25, 0.3) is 0 Å². The van der Waals surface area contributed by atoms with Gasteiger partial charge < -0.3 is 4.79 Å². The molecule has 1 aliphatic rings. The predicted octanol–water partition coefficient (Wildman–Crippen LogP) is 2.43. The lowest BCUT2D eigenvalue weighted by molar-refractivity contribution is -0.114. The molecule has 0 radical (unpaired) electrons. The Morgan fingerprint density at radius 2 is 2.08 bits per heavy atom. The van der Waals surface area contributed by atoms with Gasteiger partial charge in [-0.15, -0.1) is 0 Å². The van der Waals surface area contributed by atoms with Gasteiger partial charge in [0.05, 0.1) is 0 Å². The van der Waals surface area contributed by atoms with Crippen LogP contribution in [0.1, 0.15) is 44.9 Å². The predicted molar refractivity (Wildman–Crippen MR) is 51.5 cm³/mol. The highest BCUT2D eigenvalue weighted by atomic mass is 16.1. The van der Waals surface area contributed by atoms with Crippen LogP contribution in [-0.2, 0) is 9.59 Å². The highest BCUT2D eigenvalue weighted by Crippen LogP contribution is 2.19. The van der Waals surface area contributed by atoms with E-state index in [1.807, 2.05) is 0 Å². The van der Waals surface area contributed by atoms with Gasteiger partial charge in [-0.05, 0) is 38.2 Å². The molecule has 72 valence electrons. The van der Waals surface area contributed by atoms with Gasteiger partial charge in [0.2, 0.25) is 0 Å². The standard InChI is InChI=1S/C11H16O2/c12-8-4-3-6-10-5-1-2-7-11(13)9-10/h8-9H,1-7H2. The lowest BCUT2D eigenvalue weighted by Crippen LogP contribution is -1.90. The Bertz CT molecular complexity index is 216. The van der Waals surface area contributed by atoms with Gasteiger partial charge in [-0.2, -0.15) is 0 Å². The largest absolute Gasteiger partial charge is 0.303 e. The molecule has 0 aliphatic heterocycles. The summed E-state index contributed by atoms with van der Waals surface area (Å²) < 4.78 is 0. The fourth-order valence-electron chi connectivity index (χ4n) is 1.63. The number of unbranched alkanes of at least 4 members (excludes halogenated alkanes) is 1. The molecule has 2 nitrogen and oxygen atoms in total. The number of rotatable bonds is 4. The van der Waals surface area contributed by atoms with E-state index in [2.05, 4.69) is 0 Å². The van der Waals surface area contributed by atoms with Gasteiger partial charge in [0.15, 0.2) is 5.78 Å². The van der Waals surface area contributed by atoms with Crippen molar-refractivity contribution in [2.75, 3.05) is 0 Å². The molecule has 0 aromatic rings. The second-order valence-electron chi connectivity index (χ2n) is 3.53. The molecule has 0 spiro atoms. The molecule has 0 heterocycles. The second kappa shape index (κ2) is 5.68. The first kappa shape index (κ1) is 10.2. The average Bonchev–Trinajstić information content (AvgIpc) is 2.31. The summed E-state index contributed by atoms with van der Waals surface area (Å²) in [5, 5.41) is 0. The highest BCUT2D eigenvalue weighted by molar-refractivity contribution is 5.90. The summed E-state index contributed by atoms with van der Waals surface area (Å²) >= 11 is 0. The van der Waals surface area contributed by atoms with Crippen LogP contribution in [0.2, 0.25) is 0 Å². The van der Waals surface area contributed by atoms with E-state index in [4.69, 9.17) is 0 Å². The first-order chi connectivity index (χ1) is 6.33. The number of ketones is 1. The minimum absolute atomic E-state index is 0.263. The van der Waals surface area contributed by atoms with Gasteiger partial charge in [-0.25, -0.2) is 0 Å². The van der Waals surface area contributed by atoms with Crippen LogP contribution < -0.4 is 0 Å². The molecule has 0 N–H and O–H groups in total. The molecular weight excluding hydrogens is 164 g/mol. The van der Waals surface area contributed by atoms with Crippen molar-refractivity contribution in [2.24, 2.45) is 0 Å². The van der Waals surface area contributed by atoms with Gasteiger partial charge in [0.1, 0.15) is 6.29 Å². The first-order valence-corrected chi connectivity index (χ1v) is 4.99. The number of hydrogen-bond acceptors (Lipinski definition) is 2. The summed E-state index contributed by atoms with van der Waals surface area (Å²) in [6.07, 6.45) is 9.06. The summed E-state index contributed by atoms with van der Waals surface area (Å²) in [4.78, 5) is 21.3. The van der Waals surface area contributed by atoms with E-state index in [0.29, 0.717) is 12.8 Å². The van der Waals surface area contributed by atoms with Crippen molar-refractivity contribution in [3.05, 3.63) is 11.6 Å². The van der Waals surface area contributed by atoms with E-state index in [1.165, 1.54) is 5.57 Å². The number of hydrogen-bond donors (Lipinski definition) is 0. The van der Waals surface area contributed by atoms with Gasteiger partial charge in [-0.1, -0.05) is 5.57 Å². The van der Waals surface area contributed by atoms with Crippen molar-refractivity contribution in [3.8, 4) is 0 Å². The van der Waals surface area contributed by atoms with Crippen LogP contribution >= 0.6 is 0 Å². The molecule has 13 heavy (non-hydrogen) atoms. The van der Waals surface area contributed by atoms with Crippen molar-refractivity contribution >= 4 is 12.1 Å². The Morgan fingerprint density at radius 3 is 2.85 bits per heavy atom. The van der Waals surface area contributed by atoms with E-state index < -0.39 is 0 Å². The number of aldehydes is 1. The molecule has 0 aromatic heterocycles. The molecule has 0 unspecified atom stereocenters. The minimum Gasteiger partial charge on any atom is -0.303 e. The third-order valence-corrected chi connectivity index (χ3v) is 2.36. The van der Waals surface area contributed by atoms with Crippen LogP contribution in [0.3, 0.4) is 0 Å². The van der Waals surface area contributed by atoms with Crippen molar-refractivity contribution < 1.29 is 9.59 Å². The smallest absolute Gasteiger partial charge is 0.155 e. The quantitative estimate of drug-likeness (QED) is 0.492. The summed E-state index contributed by atoms with van der Waals surface area (Å²) in [6, 6.07) is 0. The number of allylic oxidation sites excluding steroid dienone is 2. The van der Waals surface area contributed by atoms with E-state index in [1.54, 1.807) is 6.08 Å². The van der Waals surface area contributed by atoms with Crippen LogP contribution in [0, 0.1) is 0 Å². The molecule has 0 aromatic carbocycles. The normalized spacial score (nSPS) is 17.8. The van der Waals surface area contributed by atoms with E-state index in [0.717, 1.165) is 38.4 Å². The molecular formula is C11H16O2. The third kappa shape index (κ3) is 4.02. The Balaban J connectivity index is 2.36. The molecule has 1 rings (SSSR count). The van der Waals surface area contributed by atoms with Gasteiger partial charge in [-0.3, -0.25) is 4.79 Å². The fourth-order valence-corrected chi connectivity index (χ4v) is 1.63. The maximum absolute atomic E-state index is 11.2. The van der Waals surface area contributed by atoms with E-state index in [9.17, 15) is 9.59 Å².